The lowest BCUT2D eigenvalue weighted by Gasteiger charge is -2.05. The van der Waals surface area contributed by atoms with Crippen LogP contribution in [0.1, 0.15) is 31.5 Å². The first kappa shape index (κ1) is 9.27. The third kappa shape index (κ3) is 2.57. The number of aromatic nitrogens is 2. The number of thioether (sulfide) groups is 1. The van der Waals surface area contributed by atoms with E-state index in [4.69, 9.17) is 5.73 Å². The number of hydrogen-bond donors (Lipinski definition) is 1. The zero-order valence-corrected chi connectivity index (χ0v) is 9.03. The fraction of sp³-hybridized carbons (Fsp3) is 0.750. The van der Waals surface area contributed by atoms with Crippen molar-refractivity contribution in [3.8, 4) is 0 Å². The molecule has 0 spiro atoms. The molecule has 72 valence electrons. The van der Waals surface area contributed by atoms with E-state index in [1.165, 1.54) is 37.2 Å². The van der Waals surface area contributed by atoms with Gasteiger partial charge < -0.3 is 5.73 Å². The van der Waals surface area contributed by atoms with Crippen LogP contribution in [0.15, 0.2) is 0 Å². The molecule has 0 unspecified atom stereocenters. The second kappa shape index (κ2) is 4.28. The van der Waals surface area contributed by atoms with Crippen LogP contribution in [0.4, 0.5) is 5.13 Å². The molecular weight excluding hydrogens is 202 g/mol. The maximum atomic E-state index is 5.50. The van der Waals surface area contributed by atoms with Crippen molar-refractivity contribution in [2.45, 2.75) is 36.7 Å². The van der Waals surface area contributed by atoms with Crippen molar-refractivity contribution in [3.05, 3.63) is 5.82 Å². The highest BCUT2D eigenvalue weighted by atomic mass is 32.2. The van der Waals surface area contributed by atoms with Crippen molar-refractivity contribution < 1.29 is 0 Å². The molecule has 0 amide bonds. The molecule has 0 atom stereocenters. The van der Waals surface area contributed by atoms with Crippen LogP contribution in [0.25, 0.3) is 0 Å². The Morgan fingerprint density at radius 2 is 2.23 bits per heavy atom. The molecule has 1 aliphatic carbocycles. The predicted molar refractivity (Wildman–Crippen MR) is 57.9 cm³/mol. The molecule has 0 aliphatic heterocycles. The lowest BCUT2D eigenvalue weighted by molar-refractivity contribution is 0.886. The Balaban J connectivity index is 1.78. The molecule has 1 saturated carbocycles. The summed E-state index contributed by atoms with van der Waals surface area (Å²) in [7, 11) is 0. The van der Waals surface area contributed by atoms with Crippen LogP contribution in [0.2, 0.25) is 0 Å². The Kier molecular flexibility index (Phi) is 3.05. The van der Waals surface area contributed by atoms with Gasteiger partial charge in [0.1, 0.15) is 0 Å². The van der Waals surface area contributed by atoms with Crippen LogP contribution in [0.5, 0.6) is 0 Å². The van der Waals surface area contributed by atoms with Gasteiger partial charge in [-0.05, 0) is 12.8 Å². The zero-order valence-electron chi connectivity index (χ0n) is 7.40. The molecule has 0 bridgehead atoms. The summed E-state index contributed by atoms with van der Waals surface area (Å²) >= 11 is 3.27. The van der Waals surface area contributed by atoms with Crippen LogP contribution < -0.4 is 5.73 Å². The average Bonchev–Trinajstić information content (AvgIpc) is 2.71. The molecule has 13 heavy (non-hydrogen) atoms. The van der Waals surface area contributed by atoms with Crippen LogP contribution in [-0.2, 0) is 5.75 Å². The van der Waals surface area contributed by atoms with E-state index in [0.29, 0.717) is 5.13 Å². The Bertz CT molecular complexity index is 268. The number of hydrogen-bond acceptors (Lipinski definition) is 5. The largest absolute Gasteiger partial charge is 0.374 e. The lowest BCUT2D eigenvalue weighted by Crippen LogP contribution is -1.96. The molecular formula is C8H13N3S2. The third-order valence-electron chi connectivity index (χ3n) is 2.23. The van der Waals surface area contributed by atoms with Crippen LogP contribution in [0.3, 0.4) is 0 Å². The number of nitrogens with zero attached hydrogens (tertiary/aromatic N) is 2. The van der Waals surface area contributed by atoms with E-state index in [0.717, 1.165) is 16.8 Å². The molecule has 0 aromatic carbocycles. The van der Waals surface area contributed by atoms with E-state index in [2.05, 4.69) is 9.36 Å². The molecule has 1 aromatic rings. The van der Waals surface area contributed by atoms with Gasteiger partial charge in [0, 0.05) is 16.8 Å². The van der Waals surface area contributed by atoms with Gasteiger partial charge in [-0.2, -0.15) is 16.1 Å². The maximum absolute atomic E-state index is 5.50. The van der Waals surface area contributed by atoms with Gasteiger partial charge in [0.2, 0.25) is 0 Å². The Morgan fingerprint density at radius 1 is 1.46 bits per heavy atom. The fourth-order valence-electron chi connectivity index (χ4n) is 1.57. The second-order valence-electron chi connectivity index (χ2n) is 3.27. The van der Waals surface area contributed by atoms with Gasteiger partial charge >= 0.3 is 0 Å². The lowest BCUT2D eigenvalue weighted by atomic mass is 10.4. The van der Waals surface area contributed by atoms with Crippen molar-refractivity contribution in [3.63, 3.8) is 0 Å². The van der Waals surface area contributed by atoms with Crippen LogP contribution >= 0.6 is 23.3 Å². The number of anilines is 1. The fourth-order valence-corrected chi connectivity index (χ4v) is 3.29. The van der Waals surface area contributed by atoms with Crippen molar-refractivity contribution in [1.82, 2.24) is 9.36 Å². The van der Waals surface area contributed by atoms with E-state index in [9.17, 15) is 0 Å². The first-order valence-corrected chi connectivity index (χ1v) is 6.36. The highest BCUT2D eigenvalue weighted by Gasteiger charge is 2.15. The van der Waals surface area contributed by atoms with E-state index in [-0.39, 0.29) is 0 Å². The van der Waals surface area contributed by atoms with Gasteiger partial charge in [0.05, 0.1) is 5.75 Å². The molecule has 2 rings (SSSR count). The first-order valence-electron chi connectivity index (χ1n) is 4.54. The molecule has 5 heteroatoms. The molecule has 1 fully saturated rings. The first-order chi connectivity index (χ1) is 6.34. The monoisotopic (exact) mass is 215 g/mol. The summed E-state index contributed by atoms with van der Waals surface area (Å²) in [5.41, 5.74) is 5.50. The highest BCUT2D eigenvalue weighted by Crippen LogP contribution is 2.31. The molecule has 3 nitrogen and oxygen atoms in total. The Labute approximate surface area is 86.3 Å². The van der Waals surface area contributed by atoms with Crippen LogP contribution in [0, 0.1) is 0 Å². The number of rotatable bonds is 3. The topological polar surface area (TPSA) is 51.8 Å². The van der Waals surface area contributed by atoms with Crippen molar-refractivity contribution >= 4 is 28.4 Å². The van der Waals surface area contributed by atoms with Gasteiger partial charge in [0.15, 0.2) is 11.0 Å². The molecule has 1 aromatic heterocycles. The Morgan fingerprint density at radius 3 is 2.85 bits per heavy atom. The van der Waals surface area contributed by atoms with Gasteiger partial charge in [-0.1, -0.05) is 12.8 Å². The summed E-state index contributed by atoms with van der Waals surface area (Å²) in [6.07, 6.45) is 5.52. The summed E-state index contributed by atoms with van der Waals surface area (Å²) in [6.45, 7) is 0. The summed E-state index contributed by atoms with van der Waals surface area (Å²) in [4.78, 5) is 4.14. The third-order valence-corrected chi connectivity index (χ3v) is 4.18. The zero-order chi connectivity index (χ0) is 9.10. The molecule has 0 radical (unpaired) electrons. The summed E-state index contributed by atoms with van der Waals surface area (Å²) in [6, 6.07) is 0. The molecule has 1 heterocycles. The molecule has 2 N–H and O–H groups in total. The van der Waals surface area contributed by atoms with Crippen molar-refractivity contribution in [2.75, 3.05) is 5.73 Å². The SMILES string of the molecule is Nc1nc(CSC2CCCC2)ns1. The molecule has 0 saturated heterocycles. The standard InChI is InChI=1S/C8H13N3S2/c9-8-10-7(11-13-8)5-12-6-3-1-2-4-6/h6H,1-5H2,(H2,9,10,11). The van der Waals surface area contributed by atoms with E-state index < -0.39 is 0 Å². The van der Waals surface area contributed by atoms with Crippen molar-refractivity contribution in [2.24, 2.45) is 0 Å². The van der Waals surface area contributed by atoms with Gasteiger partial charge in [-0.25, -0.2) is 4.98 Å². The number of nitrogens with two attached hydrogens (primary N) is 1. The van der Waals surface area contributed by atoms with Gasteiger partial charge in [-0.15, -0.1) is 0 Å². The Hall–Kier alpha value is -0.290. The van der Waals surface area contributed by atoms with Gasteiger partial charge in [-0.3, -0.25) is 0 Å². The summed E-state index contributed by atoms with van der Waals surface area (Å²) in [5.74, 6) is 1.83. The van der Waals surface area contributed by atoms with E-state index >= 15 is 0 Å². The summed E-state index contributed by atoms with van der Waals surface area (Å²) < 4.78 is 4.16. The highest BCUT2D eigenvalue weighted by molar-refractivity contribution is 7.99. The quantitative estimate of drug-likeness (QED) is 0.840. The van der Waals surface area contributed by atoms with E-state index in [1.807, 2.05) is 11.8 Å². The predicted octanol–water partition coefficient (Wildman–Crippen LogP) is 2.30. The minimum atomic E-state index is 0.585. The van der Waals surface area contributed by atoms with Gasteiger partial charge in [0.25, 0.3) is 0 Å². The maximum Gasteiger partial charge on any atom is 0.199 e. The summed E-state index contributed by atoms with van der Waals surface area (Å²) in [5, 5.41) is 1.42. The minimum Gasteiger partial charge on any atom is -0.374 e. The van der Waals surface area contributed by atoms with E-state index in [1.54, 1.807) is 0 Å². The van der Waals surface area contributed by atoms with Crippen molar-refractivity contribution in [1.29, 1.82) is 0 Å². The molecule has 1 aliphatic rings. The minimum absolute atomic E-state index is 0.585. The number of nitrogen functional groups attached to an aromatic ring is 1. The second-order valence-corrected chi connectivity index (χ2v) is 5.34. The average molecular weight is 215 g/mol. The smallest absolute Gasteiger partial charge is 0.199 e. The van der Waals surface area contributed by atoms with Crippen LogP contribution in [-0.4, -0.2) is 14.6 Å². The normalized spacial score (nSPS) is 18.2.